The molecule has 12 nitrogen and oxygen atoms in total. The first-order valence-corrected chi connectivity index (χ1v) is 22.5. The Morgan fingerprint density at radius 1 is 0.758 bits per heavy atom. The zero-order valence-corrected chi connectivity index (χ0v) is 55.8. The second-order valence-electron chi connectivity index (χ2n) is 12.8. The van der Waals surface area contributed by atoms with Gasteiger partial charge in [-0.3, -0.25) is 29.6 Å². The fourth-order valence-electron chi connectivity index (χ4n) is 5.50. The Labute approximate surface area is 561 Å². The molecule has 4 radical (unpaired) electrons. The number of carbonyl (C=O) groups excluding carboxylic acids is 1. The molecule has 4 aromatic rings. The van der Waals surface area contributed by atoms with Crippen LogP contribution in [0.25, 0.3) is 0 Å². The number of alkyl halides is 1. The van der Waals surface area contributed by atoms with Gasteiger partial charge < -0.3 is 40.2 Å². The number of hydrogen-bond acceptors (Lipinski definition) is 12. The van der Waals surface area contributed by atoms with Gasteiger partial charge in [0, 0.05) is 132 Å². The van der Waals surface area contributed by atoms with Gasteiger partial charge in [-0.15, -0.1) is 11.6 Å². The minimum atomic E-state index is -0.181. The number of piperidine rings is 2. The zero-order valence-electron chi connectivity index (χ0n) is 41.1. The molecule has 360 valence electrons. The van der Waals surface area contributed by atoms with Crippen LogP contribution in [0, 0.1) is 6.92 Å². The quantitative estimate of drug-likeness (QED) is 0.0643. The SMILES string of the molecule is C.C.CO.COc1cncc(Br)c1.C[C@@H]1CCC[C@H](C)N1.C[C@@H]1CCC[C@H](C)N1Cc1cncc(Br)c1.ClCc1cncc(Br)c1.O=CO[O-].OCc1cncc(Br)c1.[B].[CH2-]C.[H-].[H-].[K+].[K+].[Na+].[V]. The third-order valence-electron chi connectivity index (χ3n) is 8.16. The summed E-state index contributed by atoms with van der Waals surface area (Å²) in [6, 6.07) is 10.7. The summed E-state index contributed by atoms with van der Waals surface area (Å²) >= 11 is 18.8. The van der Waals surface area contributed by atoms with Crippen LogP contribution < -0.4 is 148 Å². The maximum atomic E-state index is 8.64. The van der Waals surface area contributed by atoms with Gasteiger partial charge in [-0.1, -0.05) is 27.7 Å². The van der Waals surface area contributed by atoms with Crippen molar-refractivity contribution >= 4 is 90.2 Å². The molecule has 0 aliphatic carbocycles. The summed E-state index contributed by atoms with van der Waals surface area (Å²) in [5.74, 6) is 1.29. The summed E-state index contributed by atoms with van der Waals surface area (Å²) in [6.45, 7) is 15.1. The van der Waals surface area contributed by atoms with Crippen LogP contribution in [0.1, 0.15) is 108 Å². The van der Waals surface area contributed by atoms with Crippen molar-refractivity contribution in [2.24, 2.45) is 0 Å². The van der Waals surface area contributed by atoms with Gasteiger partial charge in [0.2, 0.25) is 0 Å². The van der Waals surface area contributed by atoms with Gasteiger partial charge in [0.15, 0.2) is 0 Å². The van der Waals surface area contributed by atoms with Crippen LogP contribution in [0.3, 0.4) is 0 Å². The maximum absolute atomic E-state index is 8.64. The Bertz CT molecular complexity index is 1550. The zero-order chi connectivity index (χ0) is 45.0. The van der Waals surface area contributed by atoms with E-state index in [4.69, 9.17) is 36.6 Å². The predicted molar refractivity (Wildman–Crippen MR) is 272 cm³/mol. The van der Waals surface area contributed by atoms with E-state index in [1.165, 1.54) is 44.1 Å². The number of carbonyl (C=O) groups is 1. The molecule has 2 saturated heterocycles. The number of ether oxygens (including phenoxy) is 1. The number of hydrogen-bond donors (Lipinski definition) is 3. The first-order valence-electron chi connectivity index (χ1n) is 18.8. The fraction of sp³-hybridized carbons (Fsp3) is 0.500. The molecule has 22 heteroatoms. The van der Waals surface area contributed by atoms with Gasteiger partial charge in [-0.05, 0) is 158 Å². The minimum Gasteiger partial charge on any atom is -1.00 e. The van der Waals surface area contributed by atoms with Gasteiger partial charge in [0.25, 0.3) is 6.47 Å². The molecular weight excluding hydrogens is 1230 g/mol. The van der Waals surface area contributed by atoms with Crippen molar-refractivity contribution in [1.29, 1.82) is 0 Å². The second kappa shape index (κ2) is 60.4. The molecule has 4 aromatic heterocycles. The van der Waals surface area contributed by atoms with Crippen molar-refractivity contribution in [2.75, 3.05) is 14.2 Å². The molecule has 4 atom stereocenters. The average molecular weight is 1300 g/mol. The third kappa shape index (κ3) is 47.8. The first-order chi connectivity index (χ1) is 28.3. The van der Waals surface area contributed by atoms with E-state index in [-0.39, 0.29) is 190 Å². The molecule has 2 aliphatic rings. The number of nitrogens with one attached hydrogen (secondary N) is 1. The van der Waals surface area contributed by atoms with Gasteiger partial charge >= 0.3 is 132 Å². The normalized spacial score (nSPS) is 15.7. The number of nitrogens with zero attached hydrogens (tertiary/aromatic N) is 5. The van der Waals surface area contributed by atoms with Crippen molar-refractivity contribution in [3.05, 3.63) is 115 Å². The van der Waals surface area contributed by atoms with Gasteiger partial charge in [-0.25, -0.2) is 0 Å². The molecule has 6 heterocycles. The maximum Gasteiger partial charge on any atom is 1.00 e. The number of aliphatic hydroxyl groups is 2. The molecule has 0 bridgehead atoms. The van der Waals surface area contributed by atoms with Crippen LogP contribution in [0.5, 0.6) is 5.75 Å². The number of aliphatic hydroxyl groups excluding tert-OH is 2. The molecular formula is C44H71BBr4ClK2N6NaO6V-. The van der Waals surface area contributed by atoms with E-state index in [9.17, 15) is 0 Å². The number of aromatic nitrogens is 4. The van der Waals surface area contributed by atoms with Gasteiger partial charge in [0.05, 0.1) is 19.9 Å². The monoisotopic (exact) mass is 1290 g/mol. The molecule has 66 heavy (non-hydrogen) atoms. The van der Waals surface area contributed by atoms with Crippen molar-refractivity contribution in [3.8, 4) is 5.75 Å². The van der Waals surface area contributed by atoms with Crippen LogP contribution >= 0.6 is 75.3 Å². The Kier molecular flexibility index (Phi) is 80.9. The van der Waals surface area contributed by atoms with Crippen molar-refractivity contribution in [3.63, 3.8) is 0 Å². The summed E-state index contributed by atoms with van der Waals surface area (Å²) in [6.07, 6.45) is 22.1. The van der Waals surface area contributed by atoms with E-state index < -0.39 is 0 Å². The fourth-order valence-corrected chi connectivity index (χ4v) is 7.22. The minimum absolute atomic E-state index is 0. The molecule has 2 fully saturated rings. The molecule has 0 aromatic carbocycles. The summed E-state index contributed by atoms with van der Waals surface area (Å²) < 4.78 is 8.78. The van der Waals surface area contributed by atoms with Crippen LogP contribution in [0.15, 0.2) is 91.7 Å². The Morgan fingerprint density at radius 2 is 1.11 bits per heavy atom. The van der Waals surface area contributed by atoms with E-state index in [0.717, 1.165) is 60.5 Å². The summed E-state index contributed by atoms with van der Waals surface area (Å²) in [5.41, 5.74) is 3.16. The first kappa shape index (κ1) is 88.4. The van der Waals surface area contributed by atoms with Crippen LogP contribution in [-0.2, 0) is 47.3 Å². The van der Waals surface area contributed by atoms with Crippen LogP contribution in [-0.4, -0.2) is 88.3 Å². The van der Waals surface area contributed by atoms with Crippen LogP contribution in [0.4, 0.5) is 0 Å². The van der Waals surface area contributed by atoms with Crippen molar-refractivity contribution < 1.29 is 184 Å². The van der Waals surface area contributed by atoms with Crippen LogP contribution in [0.2, 0.25) is 0 Å². The van der Waals surface area contributed by atoms with Crippen molar-refractivity contribution in [1.82, 2.24) is 30.2 Å². The Balaban J connectivity index is -0.0000000630. The standard InChI is InChI=1S/C13H19BrN2.C7H15N.C6H5BrClN.2C6H6BrNO.C2H5.CH2O3.CH4O.2CH4.B.2K.Na.V.2H/c1-10-4-3-5-11(2)16(10)9-12-6-13(14)8-15-7-12;1-6-4-3-5-7(2)8-6;7-6-1-5(2-8)3-9-4-6;1-9-6-2-5(7)3-8-4-6;7-6-1-5(4-9)2-8-3-6;1-2;2-1-4-3;1-2;;;;;;;;;/h6-8,10-11H,3-5,9H2,1-2H3;6-8H,3-5H2,1-2H3;1,3-4H,2H2;2-4H,1H3;1-3,9H,4H2;1H2,2H3;1,3H;2H,1H3;2*1H4;;;;;;;/q;;;;;-1;;;;;;3*+1;;2*-1/p-1/t10-,11+;6-,7+;;;;;;;;;;;;;;;. The second-order valence-corrected chi connectivity index (χ2v) is 16.7. The number of methoxy groups -OCH3 is 1. The van der Waals surface area contributed by atoms with E-state index in [1.807, 2.05) is 30.6 Å². The Morgan fingerprint density at radius 3 is 1.39 bits per heavy atom. The van der Waals surface area contributed by atoms with Crippen molar-refractivity contribution in [2.45, 2.75) is 131 Å². The summed E-state index contributed by atoms with van der Waals surface area (Å²) in [7, 11) is 2.61. The third-order valence-corrected chi connectivity index (χ3v) is 10.2. The molecule has 0 spiro atoms. The average Bonchev–Trinajstić information content (AvgIpc) is 3.24. The molecule has 3 N–H and O–H groups in total. The smallest absolute Gasteiger partial charge is 1.00 e. The molecule has 0 amide bonds. The van der Waals surface area contributed by atoms with E-state index in [2.05, 4.69) is 139 Å². The predicted octanol–water partition coefficient (Wildman–Crippen LogP) is 1.93. The summed E-state index contributed by atoms with van der Waals surface area (Å²) in [5, 5.41) is 27.5. The Hall–Kier alpha value is 2.80. The molecule has 0 unspecified atom stereocenters. The molecule has 6 rings (SSSR count). The number of halogens is 5. The number of rotatable bonds is 6. The van der Waals surface area contributed by atoms with E-state index in [0.29, 0.717) is 18.0 Å². The summed E-state index contributed by atoms with van der Waals surface area (Å²) in [4.78, 5) is 29.7. The number of likely N-dealkylation sites (tertiary alicyclic amines) is 1. The molecule has 2 aliphatic heterocycles. The molecule has 0 saturated carbocycles. The van der Waals surface area contributed by atoms with Gasteiger partial charge in [0.1, 0.15) is 5.75 Å². The van der Waals surface area contributed by atoms with Gasteiger partial charge in [-0.2, -0.15) is 6.92 Å². The number of pyridine rings is 4. The largest absolute Gasteiger partial charge is 1.00 e. The van der Waals surface area contributed by atoms with E-state index >= 15 is 0 Å². The topological polar surface area (TPSA) is 166 Å². The van der Waals surface area contributed by atoms with E-state index in [1.54, 1.807) is 51.2 Å².